The predicted octanol–water partition coefficient (Wildman–Crippen LogP) is 0.731. The minimum Gasteiger partial charge on any atom is -0.382 e. The van der Waals surface area contributed by atoms with Crippen LogP contribution in [-0.4, -0.2) is 90.7 Å². The molecule has 1 rings (SSSR count). The normalized spacial score (nSPS) is 10.6. The van der Waals surface area contributed by atoms with E-state index in [1.807, 2.05) is 0 Å². The number of carbonyl (C=O) groups excluding carboxylic acids is 1. The van der Waals surface area contributed by atoms with Gasteiger partial charge in [0.2, 0.25) is 0 Å². The third kappa shape index (κ3) is 14.6. The molecule has 0 radical (unpaired) electrons. The number of anilines is 1. The Labute approximate surface area is 172 Å². The highest BCUT2D eigenvalue weighted by Crippen LogP contribution is 2.03. The first-order chi connectivity index (χ1) is 14.3. The molecule has 0 unspecified atom stereocenters. The van der Waals surface area contributed by atoms with E-state index < -0.39 is 0 Å². The third-order valence-electron chi connectivity index (χ3n) is 3.35. The second-order valence-corrected chi connectivity index (χ2v) is 5.62. The number of pyridine rings is 1. The van der Waals surface area contributed by atoms with Crippen LogP contribution in [0.4, 0.5) is 5.82 Å². The van der Waals surface area contributed by atoms with Gasteiger partial charge in [-0.1, -0.05) is 5.92 Å². The van der Waals surface area contributed by atoms with Crippen molar-refractivity contribution in [1.82, 2.24) is 4.98 Å². The lowest BCUT2D eigenvalue weighted by atomic mass is 10.3. The van der Waals surface area contributed by atoms with Gasteiger partial charge in [-0.3, -0.25) is 4.79 Å². The Kier molecular flexibility index (Phi) is 15.5. The molecule has 162 valence electrons. The van der Waals surface area contributed by atoms with Crippen LogP contribution in [0, 0.1) is 12.3 Å². The summed E-state index contributed by atoms with van der Waals surface area (Å²) in [6, 6.07) is 3.34. The minimum atomic E-state index is -0.293. The SMILES string of the molecule is C#Cc1ccc(NC(=O)COCCOCCOCCOCCOCCOC)nc1. The lowest BCUT2D eigenvalue weighted by molar-refractivity contribution is -0.121. The van der Waals surface area contributed by atoms with Gasteiger partial charge >= 0.3 is 0 Å². The standard InChI is InChI=1S/C20H30N2O7/c1-3-18-4-5-19(21-16-18)22-20(23)17-29-15-14-28-13-12-27-11-10-26-9-8-25-7-6-24-2/h1,4-5,16H,6-15,17H2,2H3,(H,21,22,23). The van der Waals surface area contributed by atoms with Gasteiger partial charge in [-0.2, -0.15) is 0 Å². The first-order valence-corrected chi connectivity index (χ1v) is 9.36. The van der Waals surface area contributed by atoms with Crippen molar-refractivity contribution < 1.29 is 33.2 Å². The fourth-order valence-corrected chi connectivity index (χ4v) is 1.92. The quantitative estimate of drug-likeness (QED) is 0.279. The number of nitrogens with zero attached hydrogens (tertiary/aromatic N) is 1. The van der Waals surface area contributed by atoms with Gasteiger partial charge in [-0.15, -0.1) is 6.42 Å². The zero-order chi connectivity index (χ0) is 21.0. The van der Waals surface area contributed by atoms with Gasteiger partial charge in [0.25, 0.3) is 5.91 Å². The molecule has 0 aliphatic heterocycles. The molecule has 0 aliphatic carbocycles. The Morgan fingerprint density at radius 3 is 1.86 bits per heavy atom. The number of hydrogen-bond donors (Lipinski definition) is 1. The molecule has 0 saturated heterocycles. The Bertz CT molecular complexity index is 575. The second-order valence-electron chi connectivity index (χ2n) is 5.62. The van der Waals surface area contributed by atoms with Crippen LogP contribution in [0.15, 0.2) is 18.3 Å². The maximum atomic E-state index is 11.7. The lowest BCUT2D eigenvalue weighted by Gasteiger charge is -2.08. The van der Waals surface area contributed by atoms with Crippen LogP contribution in [0.3, 0.4) is 0 Å². The first kappa shape index (κ1) is 25.0. The maximum Gasteiger partial charge on any atom is 0.251 e. The van der Waals surface area contributed by atoms with Crippen LogP contribution in [0.1, 0.15) is 5.56 Å². The van der Waals surface area contributed by atoms with Crippen molar-refractivity contribution in [1.29, 1.82) is 0 Å². The van der Waals surface area contributed by atoms with Gasteiger partial charge in [0.1, 0.15) is 12.4 Å². The summed E-state index contributed by atoms with van der Waals surface area (Å²) in [5.41, 5.74) is 0.649. The van der Waals surface area contributed by atoms with Crippen molar-refractivity contribution in [3.8, 4) is 12.3 Å². The number of terminal acetylenes is 1. The lowest BCUT2D eigenvalue weighted by Crippen LogP contribution is -2.20. The highest BCUT2D eigenvalue weighted by atomic mass is 16.6. The van der Waals surface area contributed by atoms with Crippen molar-refractivity contribution in [2.24, 2.45) is 0 Å². The molecular formula is C20H30N2O7. The van der Waals surface area contributed by atoms with Crippen LogP contribution in [0.5, 0.6) is 0 Å². The molecule has 0 spiro atoms. The summed E-state index contributed by atoms with van der Waals surface area (Å²) in [6.45, 7) is 4.74. The molecule has 1 aromatic rings. The van der Waals surface area contributed by atoms with Crippen molar-refractivity contribution in [3.63, 3.8) is 0 Å². The molecule has 0 aliphatic rings. The number of ether oxygens (including phenoxy) is 6. The minimum absolute atomic E-state index is 0.0784. The van der Waals surface area contributed by atoms with Crippen LogP contribution in [0.25, 0.3) is 0 Å². The number of carbonyl (C=O) groups is 1. The summed E-state index contributed by atoms with van der Waals surface area (Å²) in [7, 11) is 1.63. The topological polar surface area (TPSA) is 97.4 Å². The summed E-state index contributed by atoms with van der Waals surface area (Å²) in [4.78, 5) is 15.7. The van der Waals surface area contributed by atoms with E-state index in [9.17, 15) is 4.79 Å². The zero-order valence-corrected chi connectivity index (χ0v) is 16.9. The molecule has 1 N–H and O–H groups in total. The summed E-state index contributed by atoms with van der Waals surface area (Å²) in [5, 5.41) is 2.62. The smallest absolute Gasteiger partial charge is 0.251 e. The molecule has 0 atom stereocenters. The van der Waals surface area contributed by atoms with Gasteiger partial charge in [-0.05, 0) is 12.1 Å². The van der Waals surface area contributed by atoms with E-state index in [0.717, 1.165) is 0 Å². The highest BCUT2D eigenvalue weighted by molar-refractivity contribution is 5.90. The van der Waals surface area contributed by atoms with E-state index in [2.05, 4.69) is 16.2 Å². The number of rotatable bonds is 18. The molecule has 0 fully saturated rings. The van der Waals surface area contributed by atoms with Crippen molar-refractivity contribution in [3.05, 3.63) is 23.9 Å². The maximum absolute atomic E-state index is 11.7. The van der Waals surface area contributed by atoms with Gasteiger partial charge < -0.3 is 33.7 Å². The average Bonchev–Trinajstić information content (AvgIpc) is 2.74. The van der Waals surface area contributed by atoms with Crippen LogP contribution in [0.2, 0.25) is 0 Å². The van der Waals surface area contributed by atoms with E-state index in [-0.39, 0.29) is 12.5 Å². The van der Waals surface area contributed by atoms with Gasteiger partial charge in [0.05, 0.1) is 66.1 Å². The molecule has 1 heterocycles. The van der Waals surface area contributed by atoms with Gasteiger partial charge in [0, 0.05) is 18.9 Å². The van der Waals surface area contributed by atoms with Gasteiger partial charge in [-0.25, -0.2) is 4.98 Å². The van der Waals surface area contributed by atoms with E-state index >= 15 is 0 Å². The summed E-state index contributed by atoms with van der Waals surface area (Å²) < 4.78 is 31.4. The Morgan fingerprint density at radius 2 is 1.41 bits per heavy atom. The first-order valence-electron chi connectivity index (χ1n) is 9.36. The van der Waals surface area contributed by atoms with Crippen LogP contribution in [-0.2, 0) is 33.2 Å². The summed E-state index contributed by atoms with van der Waals surface area (Å²) in [5.74, 6) is 2.59. The number of aromatic nitrogens is 1. The zero-order valence-electron chi connectivity index (χ0n) is 16.9. The predicted molar refractivity (Wildman–Crippen MR) is 107 cm³/mol. The molecule has 1 amide bonds. The Hall–Kier alpha value is -2.06. The van der Waals surface area contributed by atoms with Crippen molar-refractivity contribution in [2.75, 3.05) is 85.1 Å². The third-order valence-corrected chi connectivity index (χ3v) is 3.35. The number of amides is 1. The summed E-state index contributed by atoms with van der Waals surface area (Å²) >= 11 is 0. The molecule has 0 saturated carbocycles. The van der Waals surface area contributed by atoms with E-state index in [1.54, 1.807) is 19.2 Å². The van der Waals surface area contributed by atoms with E-state index in [0.29, 0.717) is 77.5 Å². The van der Waals surface area contributed by atoms with E-state index in [4.69, 9.17) is 34.8 Å². The fraction of sp³-hybridized carbons (Fsp3) is 0.600. The number of methoxy groups -OCH3 is 1. The summed E-state index contributed by atoms with van der Waals surface area (Å²) in [6.07, 6.45) is 6.76. The number of hydrogen-bond acceptors (Lipinski definition) is 8. The molecule has 0 bridgehead atoms. The molecular weight excluding hydrogens is 380 g/mol. The van der Waals surface area contributed by atoms with Crippen LogP contribution >= 0.6 is 0 Å². The second kappa shape index (κ2) is 18.0. The number of nitrogens with one attached hydrogen (secondary N) is 1. The fourth-order valence-electron chi connectivity index (χ4n) is 1.92. The Balaban J connectivity index is 1.82. The molecule has 9 heteroatoms. The average molecular weight is 410 g/mol. The molecule has 1 aromatic heterocycles. The monoisotopic (exact) mass is 410 g/mol. The van der Waals surface area contributed by atoms with Crippen LogP contribution < -0.4 is 5.32 Å². The Morgan fingerprint density at radius 1 is 0.897 bits per heavy atom. The molecule has 29 heavy (non-hydrogen) atoms. The van der Waals surface area contributed by atoms with Crippen molar-refractivity contribution >= 4 is 11.7 Å². The van der Waals surface area contributed by atoms with Gasteiger partial charge in [0.15, 0.2) is 0 Å². The van der Waals surface area contributed by atoms with Crippen molar-refractivity contribution in [2.45, 2.75) is 0 Å². The van der Waals surface area contributed by atoms with E-state index in [1.165, 1.54) is 6.20 Å². The largest absolute Gasteiger partial charge is 0.382 e. The highest BCUT2D eigenvalue weighted by Gasteiger charge is 2.03. The molecule has 9 nitrogen and oxygen atoms in total. The molecule has 0 aromatic carbocycles.